The van der Waals surface area contributed by atoms with E-state index in [0.717, 1.165) is 0 Å². The lowest BCUT2D eigenvalue weighted by molar-refractivity contribution is -0.139. The van der Waals surface area contributed by atoms with Gasteiger partial charge in [0.2, 0.25) is 0 Å². The second-order valence-corrected chi connectivity index (χ2v) is 11.9. The number of nitrogens with zero attached hydrogens (tertiary/aromatic N) is 4. The van der Waals surface area contributed by atoms with E-state index >= 15 is 8.78 Å². The maximum atomic E-state index is 15.2. The number of esters is 1. The molecule has 2 saturated heterocycles. The van der Waals surface area contributed by atoms with Crippen molar-refractivity contribution < 1.29 is 31.1 Å². The Labute approximate surface area is 227 Å². The smallest absolute Gasteiger partial charge is 0.338 e. The number of likely N-dealkylation sites (tertiary alicyclic amines) is 1. The highest BCUT2D eigenvalue weighted by molar-refractivity contribution is 7.86. The molecule has 1 aromatic carbocycles. The number of hydrogen-bond donors (Lipinski definition) is 2. The topological polar surface area (TPSA) is 130 Å². The summed E-state index contributed by atoms with van der Waals surface area (Å²) in [6, 6.07) is 0.980. The summed E-state index contributed by atoms with van der Waals surface area (Å²) in [5.74, 6) is -4.30. The van der Waals surface area contributed by atoms with Crippen molar-refractivity contribution in [1.29, 1.82) is 0 Å². The summed E-state index contributed by atoms with van der Waals surface area (Å²) < 4.78 is 75.0. The molecule has 210 valence electrons. The molecule has 0 radical (unpaired) electrons. The summed E-state index contributed by atoms with van der Waals surface area (Å²) >= 11 is 1.28. The van der Waals surface area contributed by atoms with Gasteiger partial charge in [-0.1, -0.05) is 12.1 Å². The normalized spacial score (nSPS) is 25.4. The van der Waals surface area contributed by atoms with Gasteiger partial charge in [-0.3, -0.25) is 9.89 Å². The van der Waals surface area contributed by atoms with Crippen LogP contribution < -0.4 is 10.5 Å². The van der Waals surface area contributed by atoms with Gasteiger partial charge in [-0.15, -0.1) is 11.3 Å². The Morgan fingerprint density at radius 3 is 2.79 bits per heavy atom. The summed E-state index contributed by atoms with van der Waals surface area (Å²) in [6.07, 6.45) is 1.71. The van der Waals surface area contributed by atoms with Crippen molar-refractivity contribution in [3.8, 4) is 0 Å². The first-order valence-corrected chi connectivity index (χ1v) is 14.6. The Morgan fingerprint density at radius 1 is 1.36 bits per heavy atom. The minimum absolute atomic E-state index is 0.0450. The van der Waals surface area contributed by atoms with Gasteiger partial charge in [-0.05, 0) is 37.5 Å². The van der Waals surface area contributed by atoms with Crippen molar-refractivity contribution in [2.45, 2.75) is 44.3 Å². The van der Waals surface area contributed by atoms with Crippen LogP contribution in [0.2, 0.25) is 0 Å². The Balaban J connectivity index is 1.60. The minimum Gasteiger partial charge on any atom is -0.463 e. The minimum atomic E-state index is -4.34. The maximum Gasteiger partial charge on any atom is 0.338 e. The van der Waals surface area contributed by atoms with Crippen LogP contribution in [0.5, 0.6) is 0 Å². The molecule has 39 heavy (non-hydrogen) atoms. The van der Waals surface area contributed by atoms with Crippen molar-refractivity contribution in [3.63, 3.8) is 0 Å². The number of carbonyl (C=O) groups is 1. The predicted octanol–water partition coefficient (Wildman–Crippen LogP) is 2.10. The lowest BCUT2D eigenvalue weighted by Gasteiger charge is -2.31. The van der Waals surface area contributed by atoms with Crippen LogP contribution >= 0.6 is 11.3 Å². The summed E-state index contributed by atoms with van der Waals surface area (Å²) in [6.45, 7) is 2.19. The number of halogens is 3. The van der Waals surface area contributed by atoms with Crippen LogP contribution in [0.25, 0.3) is 0 Å². The molecular formula is C24H27F3N6O4S2. The zero-order valence-corrected chi connectivity index (χ0v) is 22.7. The fourth-order valence-electron chi connectivity index (χ4n) is 5.53. The molecule has 10 nitrogen and oxygen atoms in total. The van der Waals surface area contributed by atoms with Gasteiger partial charge in [0, 0.05) is 36.4 Å². The summed E-state index contributed by atoms with van der Waals surface area (Å²) in [5, 5.41) is 10.6. The molecule has 0 saturated carbocycles. The number of hydrogen-bond acceptors (Lipinski definition) is 9. The van der Waals surface area contributed by atoms with Gasteiger partial charge in [0.25, 0.3) is 16.1 Å². The summed E-state index contributed by atoms with van der Waals surface area (Å²) in [5.41, 5.74) is 0.990. The maximum absolute atomic E-state index is 15.2. The number of amidine groups is 1. The molecule has 1 aromatic heterocycles. The third-order valence-electron chi connectivity index (χ3n) is 7.18. The van der Waals surface area contributed by atoms with E-state index in [1.807, 2.05) is 0 Å². The summed E-state index contributed by atoms with van der Waals surface area (Å²) in [4.78, 5) is 23.8. The van der Waals surface area contributed by atoms with E-state index in [1.54, 1.807) is 31.5 Å². The molecule has 3 N–H and O–H groups in total. The fourth-order valence-corrected chi connectivity index (χ4v) is 7.09. The number of thiazole rings is 1. The van der Waals surface area contributed by atoms with Crippen LogP contribution in [0.15, 0.2) is 46.0 Å². The number of rotatable bonds is 7. The van der Waals surface area contributed by atoms with Gasteiger partial charge in [-0.2, -0.15) is 12.7 Å². The molecule has 5 rings (SSSR count). The number of nitrogens with two attached hydrogens (primary N) is 1. The van der Waals surface area contributed by atoms with Gasteiger partial charge in [0.05, 0.1) is 18.7 Å². The predicted molar refractivity (Wildman–Crippen MR) is 138 cm³/mol. The van der Waals surface area contributed by atoms with E-state index < -0.39 is 52.6 Å². The SMILES string of the molecule is CCOC(=O)C1=C(CN2CC(F)(F)[C@H]3[C@@H]2CCN3S(N)(=O)=O)NC(c2nccs2)=N[C@H]1c1cccc(F)c1C. The highest BCUT2D eigenvalue weighted by Crippen LogP contribution is 2.43. The largest absolute Gasteiger partial charge is 0.463 e. The highest BCUT2D eigenvalue weighted by Gasteiger charge is 2.61. The van der Waals surface area contributed by atoms with E-state index in [1.165, 1.54) is 28.4 Å². The molecule has 0 aliphatic carbocycles. The first kappa shape index (κ1) is 27.7. The van der Waals surface area contributed by atoms with Crippen LogP contribution in [0.1, 0.15) is 35.5 Å². The molecule has 0 spiro atoms. The number of nitrogens with one attached hydrogen (secondary N) is 1. The second-order valence-electron chi connectivity index (χ2n) is 9.53. The Morgan fingerprint density at radius 2 is 2.13 bits per heavy atom. The molecule has 3 atom stereocenters. The van der Waals surface area contributed by atoms with Crippen LogP contribution in [-0.4, -0.2) is 78.7 Å². The zero-order valence-electron chi connectivity index (χ0n) is 21.1. The van der Waals surface area contributed by atoms with E-state index in [9.17, 15) is 17.6 Å². The quantitative estimate of drug-likeness (QED) is 0.477. The number of aliphatic imine (C=N–C) groups is 1. The average molecular weight is 585 g/mol. The van der Waals surface area contributed by atoms with Crippen LogP contribution in [0, 0.1) is 12.7 Å². The van der Waals surface area contributed by atoms with Crippen LogP contribution in [0.3, 0.4) is 0 Å². The average Bonchev–Trinajstić information content (AvgIpc) is 3.59. The molecule has 0 amide bonds. The van der Waals surface area contributed by atoms with Crippen molar-refractivity contribution >= 4 is 33.4 Å². The molecule has 3 aliphatic rings. The molecule has 2 fully saturated rings. The first-order valence-electron chi connectivity index (χ1n) is 12.2. The molecule has 2 aromatic rings. The zero-order chi connectivity index (χ0) is 28.1. The molecule has 4 heterocycles. The third-order valence-corrected chi connectivity index (χ3v) is 9.03. The lowest BCUT2D eigenvalue weighted by atomic mass is 9.92. The monoisotopic (exact) mass is 584 g/mol. The number of benzene rings is 1. The fraction of sp³-hybridized carbons (Fsp3) is 0.458. The Bertz CT molecular complexity index is 1450. The number of aromatic nitrogens is 1. The molecule has 3 aliphatic heterocycles. The van der Waals surface area contributed by atoms with Gasteiger partial charge >= 0.3 is 5.97 Å². The van der Waals surface area contributed by atoms with E-state index in [2.05, 4.69) is 10.3 Å². The Hall–Kier alpha value is -2.85. The van der Waals surface area contributed by atoms with Crippen molar-refractivity contribution in [2.24, 2.45) is 10.1 Å². The van der Waals surface area contributed by atoms with Gasteiger partial charge < -0.3 is 10.1 Å². The molecular weight excluding hydrogens is 557 g/mol. The van der Waals surface area contributed by atoms with Crippen molar-refractivity contribution in [2.75, 3.05) is 26.2 Å². The molecule has 15 heteroatoms. The van der Waals surface area contributed by atoms with E-state index in [-0.39, 0.29) is 43.0 Å². The van der Waals surface area contributed by atoms with Gasteiger partial charge in [0.15, 0.2) is 10.8 Å². The molecule has 0 unspecified atom stereocenters. The van der Waals surface area contributed by atoms with Crippen LogP contribution in [-0.2, 0) is 19.7 Å². The van der Waals surface area contributed by atoms with Gasteiger partial charge in [-0.25, -0.2) is 28.1 Å². The Kier molecular flexibility index (Phi) is 7.30. The lowest BCUT2D eigenvalue weighted by Crippen LogP contribution is -2.50. The first-order chi connectivity index (χ1) is 18.4. The van der Waals surface area contributed by atoms with Gasteiger partial charge in [0.1, 0.15) is 17.9 Å². The van der Waals surface area contributed by atoms with Crippen molar-refractivity contribution in [3.05, 3.63) is 63.0 Å². The number of alkyl halides is 2. The number of ether oxygens (including phenoxy) is 1. The summed E-state index contributed by atoms with van der Waals surface area (Å²) in [7, 11) is -4.34. The van der Waals surface area contributed by atoms with Crippen LogP contribution in [0.4, 0.5) is 13.2 Å². The number of fused-ring (bicyclic) bond motifs is 1. The van der Waals surface area contributed by atoms with Crippen molar-refractivity contribution in [1.82, 2.24) is 19.5 Å². The van der Waals surface area contributed by atoms with E-state index in [0.29, 0.717) is 20.7 Å². The molecule has 0 bridgehead atoms. The third kappa shape index (κ3) is 5.09. The highest BCUT2D eigenvalue weighted by atomic mass is 32.2. The number of carbonyl (C=O) groups excluding carboxylic acids is 1. The van der Waals surface area contributed by atoms with E-state index in [4.69, 9.17) is 14.9 Å². The standard InChI is InChI=1S/C24H27F3N6O4S2/c1-3-37-23(34)18-16(11-32-12-24(26,27)20-17(32)7-9-33(20)39(28,35)36)30-21(22-29-8-10-38-22)31-19(18)14-5-4-6-15(25)13(14)2/h4-6,8,10,17,19-20H,3,7,9,11-12H2,1-2H3,(H,30,31)(H2,28,35,36)/t17-,19-,20+/m0/s1. The second kappa shape index (κ2) is 10.3.